The Morgan fingerprint density at radius 2 is 2.11 bits per heavy atom. The average Bonchev–Trinajstić information content (AvgIpc) is 2.77. The zero-order valence-corrected chi connectivity index (χ0v) is 12.1. The van der Waals surface area contributed by atoms with Crippen LogP contribution in [0.15, 0.2) is 18.2 Å². The molecule has 1 fully saturated rings. The van der Waals surface area contributed by atoms with E-state index in [2.05, 4.69) is 26.1 Å². The van der Waals surface area contributed by atoms with Crippen molar-refractivity contribution in [3.05, 3.63) is 29.3 Å². The van der Waals surface area contributed by atoms with Crippen LogP contribution >= 0.6 is 11.8 Å². The van der Waals surface area contributed by atoms with Gasteiger partial charge in [-0.05, 0) is 23.1 Å². The zero-order valence-electron chi connectivity index (χ0n) is 11.3. The number of phenols is 1. The van der Waals surface area contributed by atoms with Crippen molar-refractivity contribution in [3.8, 4) is 5.75 Å². The molecule has 19 heavy (non-hydrogen) atoms. The summed E-state index contributed by atoms with van der Waals surface area (Å²) in [5.74, 6) is -0.121. The topological polar surface area (TPSA) is 69.6 Å². The number of nitrogens with one attached hydrogen (secondary N) is 1. The maximum Gasteiger partial charge on any atom is 0.321 e. The molecule has 0 aliphatic carbocycles. The molecule has 0 aromatic heterocycles. The highest BCUT2D eigenvalue weighted by atomic mass is 32.2. The summed E-state index contributed by atoms with van der Waals surface area (Å²) in [5.41, 5.74) is 1.89. The number of hydrogen-bond acceptors (Lipinski definition) is 4. The van der Waals surface area contributed by atoms with Gasteiger partial charge in [-0.3, -0.25) is 10.1 Å². The highest BCUT2D eigenvalue weighted by molar-refractivity contribution is 7.99. The number of carbonyl (C=O) groups is 1. The third-order valence-corrected chi connectivity index (χ3v) is 4.51. The molecular weight excluding hydrogens is 262 g/mol. The second kappa shape index (κ2) is 5.06. The molecule has 0 amide bonds. The summed E-state index contributed by atoms with van der Waals surface area (Å²) in [6.07, 6.45) is 0. The molecule has 1 aliphatic heterocycles. The number of carboxylic acid groups (broad SMARTS) is 1. The maximum absolute atomic E-state index is 11.0. The monoisotopic (exact) mass is 281 g/mol. The Hall–Kier alpha value is -1.20. The number of benzene rings is 1. The van der Waals surface area contributed by atoms with Gasteiger partial charge in [0.05, 0.1) is 5.37 Å². The third-order valence-electron chi connectivity index (χ3n) is 3.26. The van der Waals surface area contributed by atoms with Crippen LogP contribution in [-0.4, -0.2) is 28.0 Å². The largest absolute Gasteiger partial charge is 0.508 e. The van der Waals surface area contributed by atoms with E-state index in [-0.39, 0.29) is 16.5 Å². The van der Waals surface area contributed by atoms with E-state index < -0.39 is 12.0 Å². The van der Waals surface area contributed by atoms with E-state index in [1.165, 1.54) is 11.8 Å². The standard InChI is InChI=1S/C14H19NO3S/c1-14(2,3)8-4-5-11(16)9(6-8)12-15-10(7-19-12)13(17)18/h4-6,10,12,15-16H,7H2,1-3H3,(H,17,18). The predicted octanol–water partition coefficient (Wildman–Crippen LogP) is 2.48. The van der Waals surface area contributed by atoms with Crippen LogP contribution in [0.1, 0.15) is 37.3 Å². The van der Waals surface area contributed by atoms with Crippen LogP contribution < -0.4 is 5.32 Å². The Balaban J connectivity index is 2.28. The molecule has 1 aromatic carbocycles. The minimum absolute atomic E-state index is 0.00206. The van der Waals surface area contributed by atoms with E-state index in [4.69, 9.17) is 5.11 Å². The van der Waals surface area contributed by atoms with Crippen molar-refractivity contribution >= 4 is 17.7 Å². The van der Waals surface area contributed by atoms with Gasteiger partial charge in [0.15, 0.2) is 0 Å². The van der Waals surface area contributed by atoms with Crippen LogP contribution in [0.2, 0.25) is 0 Å². The molecule has 0 spiro atoms. The van der Waals surface area contributed by atoms with Gasteiger partial charge in [-0.2, -0.15) is 0 Å². The van der Waals surface area contributed by atoms with Gasteiger partial charge in [0, 0.05) is 11.3 Å². The lowest BCUT2D eigenvalue weighted by atomic mass is 9.86. The summed E-state index contributed by atoms with van der Waals surface area (Å²) in [6, 6.07) is 5.01. The number of rotatable bonds is 2. The Labute approximate surface area is 117 Å². The van der Waals surface area contributed by atoms with Gasteiger partial charge in [-0.1, -0.05) is 26.8 Å². The molecule has 1 saturated heterocycles. The molecule has 1 heterocycles. The molecule has 3 N–H and O–H groups in total. The van der Waals surface area contributed by atoms with Crippen LogP contribution in [0.5, 0.6) is 5.75 Å². The molecule has 2 atom stereocenters. The first-order valence-corrected chi connectivity index (χ1v) is 7.28. The van der Waals surface area contributed by atoms with Gasteiger partial charge in [-0.15, -0.1) is 11.8 Å². The first-order chi connectivity index (χ1) is 8.79. The van der Waals surface area contributed by atoms with E-state index >= 15 is 0 Å². The minimum Gasteiger partial charge on any atom is -0.508 e. The molecule has 2 rings (SSSR count). The average molecular weight is 281 g/mol. The Morgan fingerprint density at radius 1 is 1.42 bits per heavy atom. The molecule has 104 valence electrons. The highest BCUT2D eigenvalue weighted by Crippen LogP contribution is 2.39. The number of thioether (sulfide) groups is 1. The number of aromatic hydroxyl groups is 1. The molecule has 5 heteroatoms. The second-order valence-corrected chi connectivity index (χ2v) is 6.93. The van der Waals surface area contributed by atoms with Crippen LogP contribution in [0.4, 0.5) is 0 Å². The summed E-state index contributed by atoms with van der Waals surface area (Å²) in [4.78, 5) is 11.0. The zero-order chi connectivity index (χ0) is 14.2. The summed E-state index contributed by atoms with van der Waals surface area (Å²) >= 11 is 1.51. The Morgan fingerprint density at radius 3 is 2.63 bits per heavy atom. The lowest BCUT2D eigenvalue weighted by Crippen LogP contribution is -2.33. The van der Waals surface area contributed by atoms with Gasteiger partial charge >= 0.3 is 5.97 Å². The van der Waals surface area contributed by atoms with Gasteiger partial charge in [0.25, 0.3) is 0 Å². The van der Waals surface area contributed by atoms with Crippen LogP contribution in [0.25, 0.3) is 0 Å². The first kappa shape index (κ1) is 14.2. The Bertz CT molecular complexity index is 496. The number of aliphatic carboxylic acids is 1. The van der Waals surface area contributed by atoms with E-state index in [0.29, 0.717) is 5.75 Å². The van der Waals surface area contributed by atoms with Crippen molar-refractivity contribution in [2.24, 2.45) is 0 Å². The lowest BCUT2D eigenvalue weighted by Gasteiger charge is -2.22. The van der Waals surface area contributed by atoms with Crippen molar-refractivity contribution in [1.29, 1.82) is 0 Å². The van der Waals surface area contributed by atoms with Crippen molar-refractivity contribution in [2.75, 3.05) is 5.75 Å². The van der Waals surface area contributed by atoms with E-state index in [1.54, 1.807) is 6.07 Å². The summed E-state index contributed by atoms with van der Waals surface area (Å²) < 4.78 is 0. The van der Waals surface area contributed by atoms with Crippen molar-refractivity contribution in [1.82, 2.24) is 5.32 Å². The van der Waals surface area contributed by atoms with E-state index in [1.807, 2.05) is 12.1 Å². The van der Waals surface area contributed by atoms with Crippen molar-refractivity contribution < 1.29 is 15.0 Å². The number of carboxylic acids is 1. The molecule has 0 bridgehead atoms. The van der Waals surface area contributed by atoms with E-state index in [0.717, 1.165) is 11.1 Å². The quantitative estimate of drug-likeness (QED) is 0.777. The SMILES string of the molecule is CC(C)(C)c1ccc(O)c(C2NC(C(=O)O)CS2)c1. The number of phenolic OH excluding ortho intramolecular Hbond substituents is 1. The maximum atomic E-state index is 11.0. The minimum atomic E-state index is -0.846. The molecule has 1 aliphatic rings. The molecule has 1 aromatic rings. The highest BCUT2D eigenvalue weighted by Gasteiger charge is 2.32. The summed E-state index contributed by atoms with van der Waals surface area (Å²) in [6.45, 7) is 6.33. The number of hydrogen-bond donors (Lipinski definition) is 3. The van der Waals surface area contributed by atoms with Gasteiger partial charge in [0.2, 0.25) is 0 Å². The fourth-order valence-electron chi connectivity index (χ4n) is 2.02. The van der Waals surface area contributed by atoms with Crippen LogP contribution in [0, 0.1) is 0 Å². The van der Waals surface area contributed by atoms with Crippen LogP contribution in [-0.2, 0) is 10.2 Å². The van der Waals surface area contributed by atoms with Crippen molar-refractivity contribution in [2.45, 2.75) is 37.6 Å². The molecular formula is C14H19NO3S. The molecule has 0 saturated carbocycles. The van der Waals surface area contributed by atoms with E-state index in [9.17, 15) is 9.90 Å². The third kappa shape index (κ3) is 3.04. The van der Waals surface area contributed by atoms with Gasteiger partial charge in [-0.25, -0.2) is 0 Å². The fraction of sp³-hybridized carbons (Fsp3) is 0.500. The molecule has 0 radical (unpaired) electrons. The first-order valence-electron chi connectivity index (χ1n) is 6.23. The molecule has 2 unspecified atom stereocenters. The van der Waals surface area contributed by atoms with Crippen molar-refractivity contribution in [3.63, 3.8) is 0 Å². The lowest BCUT2D eigenvalue weighted by molar-refractivity contribution is -0.138. The van der Waals surface area contributed by atoms with Gasteiger partial charge < -0.3 is 10.2 Å². The van der Waals surface area contributed by atoms with Crippen LogP contribution in [0.3, 0.4) is 0 Å². The fourth-order valence-corrected chi connectivity index (χ4v) is 3.28. The molecule has 4 nitrogen and oxygen atoms in total. The van der Waals surface area contributed by atoms with Gasteiger partial charge in [0.1, 0.15) is 11.8 Å². The predicted molar refractivity (Wildman–Crippen MR) is 76.6 cm³/mol. The smallest absolute Gasteiger partial charge is 0.321 e. The summed E-state index contributed by atoms with van der Waals surface area (Å²) in [5, 5.41) is 21.8. The second-order valence-electron chi connectivity index (χ2n) is 5.79. The Kier molecular flexibility index (Phi) is 3.78. The summed E-state index contributed by atoms with van der Waals surface area (Å²) in [7, 11) is 0. The normalized spacial score (nSPS) is 23.5.